The third-order valence-electron chi connectivity index (χ3n) is 4.54. The fourth-order valence-electron chi connectivity index (χ4n) is 3.33. The summed E-state index contributed by atoms with van der Waals surface area (Å²) in [4.78, 5) is 6.51. The van der Waals surface area contributed by atoms with Gasteiger partial charge in [-0.25, -0.2) is 4.98 Å². The lowest BCUT2D eigenvalue weighted by Crippen LogP contribution is -2.34. The van der Waals surface area contributed by atoms with Gasteiger partial charge < -0.3 is 14.8 Å². The Morgan fingerprint density at radius 3 is 2.90 bits per heavy atom. The average molecular weight is 310 g/mol. The lowest BCUT2D eigenvalue weighted by atomic mass is 9.92. The van der Waals surface area contributed by atoms with Crippen molar-refractivity contribution in [3.8, 4) is 0 Å². The number of fused-ring (bicyclic) bond motifs is 1. The van der Waals surface area contributed by atoms with E-state index in [1.807, 2.05) is 11.3 Å². The van der Waals surface area contributed by atoms with Crippen molar-refractivity contribution >= 4 is 11.3 Å². The molecule has 1 aromatic heterocycles. The standard InChI is InChI=1S/C16H26N2O2S/c1-19-11-8-17-15(12-6-9-20-10-7-12)16-18-13-4-2-3-5-14(13)21-16/h12,15,17H,2-11H2,1H3. The second-order valence-electron chi connectivity index (χ2n) is 6.00. The van der Waals surface area contributed by atoms with Crippen LogP contribution in [-0.4, -0.2) is 38.5 Å². The Morgan fingerprint density at radius 2 is 2.14 bits per heavy atom. The predicted octanol–water partition coefficient (Wildman–Crippen LogP) is 2.73. The quantitative estimate of drug-likeness (QED) is 0.821. The minimum absolute atomic E-state index is 0.375. The first-order valence-corrected chi connectivity index (χ1v) is 8.98. The Balaban J connectivity index is 1.74. The van der Waals surface area contributed by atoms with E-state index in [-0.39, 0.29) is 0 Å². The Hall–Kier alpha value is -0.490. The van der Waals surface area contributed by atoms with Crippen molar-refractivity contribution in [1.29, 1.82) is 0 Å². The molecule has 1 aromatic rings. The van der Waals surface area contributed by atoms with Gasteiger partial charge in [0.15, 0.2) is 0 Å². The van der Waals surface area contributed by atoms with E-state index in [9.17, 15) is 0 Å². The number of ether oxygens (including phenoxy) is 2. The van der Waals surface area contributed by atoms with E-state index in [2.05, 4.69) is 5.32 Å². The maximum Gasteiger partial charge on any atom is 0.110 e. The van der Waals surface area contributed by atoms with Crippen LogP contribution in [0.4, 0.5) is 0 Å². The number of rotatable bonds is 6. The van der Waals surface area contributed by atoms with E-state index in [0.29, 0.717) is 12.0 Å². The smallest absolute Gasteiger partial charge is 0.110 e. The van der Waals surface area contributed by atoms with E-state index < -0.39 is 0 Å². The van der Waals surface area contributed by atoms with Gasteiger partial charge in [-0.15, -0.1) is 11.3 Å². The second kappa shape index (κ2) is 7.68. The SMILES string of the molecule is COCCNC(c1nc2c(s1)CCCC2)C1CCOCC1. The molecule has 1 N–H and O–H groups in total. The van der Waals surface area contributed by atoms with Crippen LogP contribution >= 0.6 is 11.3 Å². The van der Waals surface area contributed by atoms with Gasteiger partial charge in [-0.2, -0.15) is 0 Å². The summed E-state index contributed by atoms with van der Waals surface area (Å²) < 4.78 is 10.7. The fourth-order valence-corrected chi connectivity index (χ4v) is 4.65. The molecule has 1 saturated heterocycles. The molecule has 0 spiro atoms. The number of aromatic nitrogens is 1. The number of nitrogens with one attached hydrogen (secondary N) is 1. The van der Waals surface area contributed by atoms with Crippen LogP contribution in [0.1, 0.15) is 47.3 Å². The molecule has 0 aromatic carbocycles. The molecule has 0 radical (unpaired) electrons. The molecule has 118 valence electrons. The maximum atomic E-state index is 5.52. The van der Waals surface area contributed by atoms with Crippen LogP contribution in [-0.2, 0) is 22.3 Å². The van der Waals surface area contributed by atoms with Crippen molar-refractivity contribution in [2.75, 3.05) is 33.5 Å². The summed E-state index contributed by atoms with van der Waals surface area (Å²) in [7, 11) is 1.76. The number of hydrogen-bond acceptors (Lipinski definition) is 5. The van der Waals surface area contributed by atoms with Gasteiger partial charge in [0, 0.05) is 31.7 Å². The molecular formula is C16H26N2O2S. The molecule has 1 aliphatic carbocycles. The number of thiazole rings is 1. The highest BCUT2D eigenvalue weighted by Gasteiger charge is 2.29. The average Bonchev–Trinajstić information content (AvgIpc) is 2.96. The molecular weight excluding hydrogens is 284 g/mol. The van der Waals surface area contributed by atoms with Crippen LogP contribution in [0.2, 0.25) is 0 Å². The van der Waals surface area contributed by atoms with Gasteiger partial charge in [0.05, 0.1) is 18.3 Å². The first-order chi connectivity index (χ1) is 10.4. The van der Waals surface area contributed by atoms with E-state index >= 15 is 0 Å². The minimum atomic E-state index is 0.375. The Kier molecular flexibility index (Phi) is 5.63. The van der Waals surface area contributed by atoms with Crippen molar-refractivity contribution in [3.05, 3.63) is 15.6 Å². The summed E-state index contributed by atoms with van der Waals surface area (Å²) in [6.45, 7) is 3.42. The lowest BCUT2D eigenvalue weighted by Gasteiger charge is -2.29. The summed E-state index contributed by atoms with van der Waals surface area (Å²) in [5.41, 5.74) is 1.37. The monoisotopic (exact) mass is 310 g/mol. The highest BCUT2D eigenvalue weighted by molar-refractivity contribution is 7.11. The number of methoxy groups -OCH3 is 1. The fraction of sp³-hybridized carbons (Fsp3) is 0.812. The molecule has 1 atom stereocenters. The van der Waals surface area contributed by atoms with Gasteiger partial charge in [-0.3, -0.25) is 0 Å². The summed E-state index contributed by atoms with van der Waals surface area (Å²) in [6.07, 6.45) is 7.29. The molecule has 1 fully saturated rings. The largest absolute Gasteiger partial charge is 0.383 e. The number of nitrogens with zero attached hydrogens (tertiary/aromatic N) is 1. The molecule has 2 aliphatic rings. The minimum Gasteiger partial charge on any atom is -0.383 e. The summed E-state index contributed by atoms with van der Waals surface area (Å²) >= 11 is 1.94. The molecule has 0 amide bonds. The number of aryl methyl sites for hydroxylation is 2. The Labute approximate surface area is 131 Å². The normalized spacial score (nSPS) is 21.2. The van der Waals surface area contributed by atoms with Gasteiger partial charge in [0.2, 0.25) is 0 Å². The Bertz CT molecular complexity index is 420. The van der Waals surface area contributed by atoms with Gasteiger partial charge in [0.1, 0.15) is 5.01 Å². The predicted molar refractivity (Wildman–Crippen MR) is 84.9 cm³/mol. The zero-order chi connectivity index (χ0) is 14.5. The molecule has 0 saturated carbocycles. The highest BCUT2D eigenvalue weighted by atomic mass is 32.1. The maximum absolute atomic E-state index is 5.52. The lowest BCUT2D eigenvalue weighted by molar-refractivity contribution is 0.0524. The second-order valence-corrected chi connectivity index (χ2v) is 7.12. The highest BCUT2D eigenvalue weighted by Crippen LogP contribution is 2.35. The topological polar surface area (TPSA) is 43.4 Å². The zero-order valence-electron chi connectivity index (χ0n) is 12.9. The van der Waals surface area contributed by atoms with Crippen molar-refractivity contribution in [1.82, 2.24) is 10.3 Å². The van der Waals surface area contributed by atoms with Crippen molar-refractivity contribution in [2.24, 2.45) is 5.92 Å². The molecule has 1 unspecified atom stereocenters. The van der Waals surface area contributed by atoms with Crippen LogP contribution in [0.25, 0.3) is 0 Å². The van der Waals surface area contributed by atoms with E-state index in [1.165, 1.54) is 41.3 Å². The van der Waals surface area contributed by atoms with E-state index in [4.69, 9.17) is 14.5 Å². The van der Waals surface area contributed by atoms with Crippen molar-refractivity contribution in [3.63, 3.8) is 0 Å². The summed E-state index contributed by atoms with van der Waals surface area (Å²) in [5.74, 6) is 0.642. The summed E-state index contributed by atoms with van der Waals surface area (Å²) in [5, 5.41) is 4.98. The first-order valence-electron chi connectivity index (χ1n) is 8.17. The first kappa shape index (κ1) is 15.4. The van der Waals surface area contributed by atoms with Crippen LogP contribution in [0.3, 0.4) is 0 Å². The van der Waals surface area contributed by atoms with Crippen LogP contribution in [0.15, 0.2) is 0 Å². The molecule has 21 heavy (non-hydrogen) atoms. The molecule has 1 aliphatic heterocycles. The molecule has 0 bridgehead atoms. The molecule has 3 rings (SSSR count). The molecule has 5 heteroatoms. The van der Waals surface area contributed by atoms with Crippen LogP contribution in [0, 0.1) is 5.92 Å². The van der Waals surface area contributed by atoms with Gasteiger partial charge in [-0.1, -0.05) is 0 Å². The van der Waals surface area contributed by atoms with Crippen LogP contribution in [0.5, 0.6) is 0 Å². The van der Waals surface area contributed by atoms with E-state index in [1.54, 1.807) is 7.11 Å². The molecule has 4 nitrogen and oxygen atoms in total. The van der Waals surface area contributed by atoms with Gasteiger partial charge in [-0.05, 0) is 44.4 Å². The zero-order valence-corrected chi connectivity index (χ0v) is 13.7. The van der Waals surface area contributed by atoms with Gasteiger partial charge >= 0.3 is 0 Å². The summed E-state index contributed by atoms with van der Waals surface area (Å²) in [6, 6.07) is 0.375. The Morgan fingerprint density at radius 1 is 1.33 bits per heavy atom. The third-order valence-corrected chi connectivity index (χ3v) is 5.78. The van der Waals surface area contributed by atoms with Gasteiger partial charge in [0.25, 0.3) is 0 Å². The number of hydrogen-bond donors (Lipinski definition) is 1. The van der Waals surface area contributed by atoms with E-state index in [0.717, 1.165) is 39.2 Å². The van der Waals surface area contributed by atoms with Crippen LogP contribution < -0.4 is 5.32 Å². The third kappa shape index (κ3) is 3.83. The van der Waals surface area contributed by atoms with Crippen molar-refractivity contribution in [2.45, 2.75) is 44.6 Å². The molecule has 2 heterocycles. The van der Waals surface area contributed by atoms with Crippen molar-refractivity contribution < 1.29 is 9.47 Å².